The monoisotopic (exact) mass is 574 g/mol. The molecule has 11 heteroatoms. The molecule has 0 atom stereocenters. The Morgan fingerprint density at radius 1 is 0.842 bits per heavy atom. The van der Waals surface area contributed by atoms with E-state index in [1.54, 1.807) is 54.6 Å². The molecule has 38 heavy (non-hydrogen) atoms. The Bertz CT molecular complexity index is 1480. The number of para-hydroxylation sites is 1. The first-order chi connectivity index (χ1) is 18.3. The van der Waals surface area contributed by atoms with E-state index in [2.05, 4.69) is 5.10 Å². The second kappa shape index (κ2) is 11.8. The summed E-state index contributed by atoms with van der Waals surface area (Å²) in [6, 6.07) is 17.0. The highest BCUT2D eigenvalue weighted by Gasteiger charge is 2.31. The lowest BCUT2D eigenvalue weighted by Crippen LogP contribution is -2.15. The van der Waals surface area contributed by atoms with Crippen molar-refractivity contribution in [1.29, 1.82) is 0 Å². The molecule has 1 heterocycles. The molecule has 4 rings (SSSR count). The predicted molar refractivity (Wildman–Crippen MR) is 144 cm³/mol. The van der Waals surface area contributed by atoms with Crippen molar-refractivity contribution in [3.8, 4) is 28.4 Å². The largest absolute Gasteiger partial charge is 0.493 e. The van der Waals surface area contributed by atoms with Gasteiger partial charge in [-0.2, -0.15) is 5.10 Å². The van der Waals surface area contributed by atoms with Gasteiger partial charge in [0.25, 0.3) is 0 Å². The molecule has 0 fully saturated rings. The van der Waals surface area contributed by atoms with Gasteiger partial charge in [0.2, 0.25) is 0 Å². The summed E-state index contributed by atoms with van der Waals surface area (Å²) >= 11 is 18.5. The summed E-state index contributed by atoms with van der Waals surface area (Å²) in [6.07, 6.45) is 0. The first kappa shape index (κ1) is 27.3. The zero-order valence-corrected chi connectivity index (χ0v) is 22.7. The maximum atomic E-state index is 12.9. The van der Waals surface area contributed by atoms with Crippen LogP contribution in [0.1, 0.15) is 26.4 Å². The highest BCUT2D eigenvalue weighted by atomic mass is 35.5. The molecule has 8 nitrogen and oxygen atoms in total. The summed E-state index contributed by atoms with van der Waals surface area (Å²) < 4.78 is 22.8. The molecule has 3 aromatic carbocycles. The minimum Gasteiger partial charge on any atom is -0.493 e. The van der Waals surface area contributed by atoms with Crippen molar-refractivity contribution < 1.29 is 28.5 Å². The summed E-state index contributed by atoms with van der Waals surface area (Å²) in [5.41, 5.74) is 1.63. The minimum atomic E-state index is -0.756. The van der Waals surface area contributed by atoms with Crippen LogP contribution in [0.15, 0.2) is 60.7 Å². The van der Waals surface area contributed by atoms with Crippen molar-refractivity contribution in [2.24, 2.45) is 0 Å². The summed E-state index contributed by atoms with van der Waals surface area (Å²) in [6.45, 7) is 0.0487. The fourth-order valence-corrected chi connectivity index (χ4v) is 4.68. The minimum absolute atomic E-state index is 0.0487. The van der Waals surface area contributed by atoms with Crippen molar-refractivity contribution in [3.05, 3.63) is 92.6 Å². The van der Waals surface area contributed by atoms with E-state index in [-0.39, 0.29) is 23.6 Å². The Labute approximate surface area is 233 Å². The molecular formula is C27H21Cl3N2O6. The molecule has 0 aliphatic carbocycles. The summed E-state index contributed by atoms with van der Waals surface area (Å²) in [5, 5.41) is 5.73. The normalized spacial score (nSPS) is 10.7. The Morgan fingerprint density at radius 2 is 1.50 bits per heavy atom. The molecule has 0 unspecified atom stereocenters. The maximum Gasteiger partial charge on any atom is 0.357 e. The highest BCUT2D eigenvalue weighted by Crippen LogP contribution is 2.37. The van der Waals surface area contributed by atoms with Crippen LogP contribution in [0.2, 0.25) is 15.1 Å². The molecule has 4 aromatic rings. The van der Waals surface area contributed by atoms with Crippen LogP contribution in [-0.2, 0) is 16.1 Å². The Hall–Kier alpha value is -3.72. The van der Waals surface area contributed by atoms with Gasteiger partial charge < -0.3 is 18.9 Å². The van der Waals surface area contributed by atoms with Crippen LogP contribution < -0.4 is 9.47 Å². The molecule has 1 aromatic heterocycles. The van der Waals surface area contributed by atoms with Crippen LogP contribution >= 0.6 is 34.8 Å². The van der Waals surface area contributed by atoms with E-state index in [1.165, 1.54) is 26.0 Å². The number of benzene rings is 3. The average molecular weight is 576 g/mol. The lowest BCUT2D eigenvalue weighted by atomic mass is 10.0. The van der Waals surface area contributed by atoms with Crippen molar-refractivity contribution in [2.45, 2.75) is 6.61 Å². The number of carbonyl (C=O) groups is 2. The Kier molecular flexibility index (Phi) is 8.46. The standard InChI is InChI=1S/C27H21Cl3N2O6/c1-35-22-11-15(9-10-21(22)38-14-18-19(29)12-16(28)13-20(18)30)24-23(26(33)36-2)25(27(34)37-3)32(31-24)17-7-5-4-6-8-17/h4-13H,14H2,1-3H3. The van der Waals surface area contributed by atoms with Gasteiger partial charge in [0.05, 0.1) is 37.1 Å². The SMILES string of the molecule is COC(=O)c1c(-c2ccc(OCc3c(Cl)cc(Cl)cc3Cl)c(OC)c2)nn(-c2ccccc2)c1C(=O)OC. The second-order valence-electron chi connectivity index (χ2n) is 7.81. The van der Waals surface area contributed by atoms with E-state index >= 15 is 0 Å². The smallest absolute Gasteiger partial charge is 0.357 e. The number of nitrogens with zero attached hydrogens (tertiary/aromatic N) is 2. The van der Waals surface area contributed by atoms with Gasteiger partial charge in [-0.1, -0.05) is 53.0 Å². The predicted octanol–water partition coefficient (Wildman–Crippen LogP) is 6.66. The van der Waals surface area contributed by atoms with Gasteiger partial charge in [-0.3, -0.25) is 0 Å². The van der Waals surface area contributed by atoms with Gasteiger partial charge in [0.15, 0.2) is 17.2 Å². The van der Waals surface area contributed by atoms with E-state index in [0.717, 1.165) is 0 Å². The quantitative estimate of drug-likeness (QED) is 0.217. The number of rotatable bonds is 8. The molecule has 0 aliphatic rings. The molecule has 0 amide bonds. The van der Waals surface area contributed by atoms with Gasteiger partial charge in [0, 0.05) is 16.1 Å². The number of esters is 2. The van der Waals surface area contributed by atoms with E-state index < -0.39 is 11.9 Å². The molecule has 0 saturated carbocycles. The topological polar surface area (TPSA) is 88.9 Å². The maximum absolute atomic E-state index is 12.9. The first-order valence-corrected chi connectivity index (χ1v) is 12.2. The number of halogens is 3. The van der Waals surface area contributed by atoms with Crippen molar-refractivity contribution >= 4 is 46.7 Å². The highest BCUT2D eigenvalue weighted by molar-refractivity contribution is 6.39. The lowest BCUT2D eigenvalue weighted by molar-refractivity contribution is 0.0549. The number of hydrogen-bond acceptors (Lipinski definition) is 7. The van der Waals surface area contributed by atoms with Crippen molar-refractivity contribution in [2.75, 3.05) is 21.3 Å². The zero-order chi connectivity index (χ0) is 27.4. The average Bonchev–Trinajstić information content (AvgIpc) is 3.33. The number of hydrogen-bond donors (Lipinski definition) is 0. The fraction of sp³-hybridized carbons (Fsp3) is 0.148. The van der Waals surface area contributed by atoms with Crippen LogP contribution in [0.4, 0.5) is 0 Å². The fourth-order valence-electron chi connectivity index (χ4n) is 3.75. The Balaban J connectivity index is 1.80. The number of ether oxygens (including phenoxy) is 4. The summed E-state index contributed by atoms with van der Waals surface area (Å²) in [7, 11) is 3.91. The van der Waals surface area contributed by atoms with E-state index in [1.807, 2.05) is 6.07 Å². The summed E-state index contributed by atoms with van der Waals surface area (Å²) in [4.78, 5) is 25.7. The molecule has 0 saturated heterocycles. The molecular weight excluding hydrogens is 555 g/mol. The number of aromatic nitrogens is 2. The van der Waals surface area contributed by atoms with Gasteiger partial charge in [0.1, 0.15) is 17.9 Å². The number of carbonyl (C=O) groups excluding carboxylic acids is 2. The first-order valence-electron chi connectivity index (χ1n) is 11.1. The van der Waals surface area contributed by atoms with Crippen LogP contribution in [0.25, 0.3) is 16.9 Å². The molecule has 0 spiro atoms. The van der Waals surface area contributed by atoms with E-state index in [9.17, 15) is 9.59 Å². The zero-order valence-electron chi connectivity index (χ0n) is 20.5. The van der Waals surface area contributed by atoms with E-state index in [0.29, 0.717) is 43.4 Å². The van der Waals surface area contributed by atoms with Crippen LogP contribution in [-0.4, -0.2) is 43.0 Å². The lowest BCUT2D eigenvalue weighted by Gasteiger charge is -2.14. The molecule has 196 valence electrons. The van der Waals surface area contributed by atoms with Crippen LogP contribution in [0.5, 0.6) is 11.5 Å². The summed E-state index contributed by atoms with van der Waals surface area (Å²) in [5.74, 6) is -0.785. The number of methoxy groups -OCH3 is 3. The van der Waals surface area contributed by atoms with Crippen LogP contribution in [0.3, 0.4) is 0 Å². The van der Waals surface area contributed by atoms with Gasteiger partial charge in [-0.15, -0.1) is 0 Å². The van der Waals surface area contributed by atoms with Gasteiger partial charge in [-0.05, 0) is 42.5 Å². The third-order valence-electron chi connectivity index (χ3n) is 5.57. The second-order valence-corrected chi connectivity index (χ2v) is 9.06. The van der Waals surface area contributed by atoms with E-state index in [4.69, 9.17) is 53.8 Å². The molecule has 0 radical (unpaired) electrons. The van der Waals surface area contributed by atoms with Gasteiger partial charge in [-0.25, -0.2) is 14.3 Å². The third-order valence-corrected chi connectivity index (χ3v) is 6.46. The van der Waals surface area contributed by atoms with Gasteiger partial charge >= 0.3 is 11.9 Å². The Morgan fingerprint density at radius 3 is 2.11 bits per heavy atom. The van der Waals surface area contributed by atoms with Crippen LogP contribution in [0, 0.1) is 0 Å². The molecule has 0 N–H and O–H groups in total. The third kappa shape index (κ3) is 5.43. The molecule has 0 bridgehead atoms. The van der Waals surface area contributed by atoms with Crippen molar-refractivity contribution in [3.63, 3.8) is 0 Å². The molecule has 0 aliphatic heterocycles. The van der Waals surface area contributed by atoms with Crippen molar-refractivity contribution in [1.82, 2.24) is 9.78 Å².